The zero-order chi connectivity index (χ0) is 14.5. The number of methoxy groups -OCH3 is 1. The summed E-state index contributed by atoms with van der Waals surface area (Å²) in [5.74, 6) is 0.458. The van der Waals surface area contributed by atoms with Gasteiger partial charge in [0.05, 0.1) is 25.0 Å². The fraction of sp³-hybridized carbons (Fsp3) is 0.250. The Kier molecular flexibility index (Phi) is 4.35. The molecule has 2 aromatic rings. The number of carbonyl (C=O) groups excluding carboxylic acids is 1. The van der Waals surface area contributed by atoms with E-state index in [1.807, 2.05) is 31.2 Å². The molecule has 1 aromatic carbocycles. The molecule has 4 nitrogen and oxygen atoms in total. The fourth-order valence-electron chi connectivity index (χ4n) is 1.91. The predicted molar refractivity (Wildman–Crippen MR) is 76.9 cm³/mol. The summed E-state index contributed by atoms with van der Waals surface area (Å²) in [6.45, 7) is 4.00. The standard InChI is InChI=1S/C16H17NO3/c1-4-20-16(18)13-9-11(2)17-15(10-13)12-5-7-14(19-3)8-6-12/h5-10H,4H2,1-3H3. The topological polar surface area (TPSA) is 48.4 Å². The van der Waals surface area contributed by atoms with Crippen molar-refractivity contribution in [2.75, 3.05) is 13.7 Å². The first-order valence-electron chi connectivity index (χ1n) is 6.44. The van der Waals surface area contributed by atoms with Crippen molar-refractivity contribution in [3.8, 4) is 17.0 Å². The van der Waals surface area contributed by atoms with Crippen LogP contribution in [0.2, 0.25) is 0 Å². The van der Waals surface area contributed by atoms with Crippen molar-refractivity contribution in [3.63, 3.8) is 0 Å². The van der Waals surface area contributed by atoms with Crippen molar-refractivity contribution in [2.45, 2.75) is 13.8 Å². The van der Waals surface area contributed by atoms with Gasteiger partial charge in [0.2, 0.25) is 0 Å². The van der Waals surface area contributed by atoms with E-state index in [1.54, 1.807) is 26.2 Å². The second-order valence-corrected chi connectivity index (χ2v) is 4.33. The van der Waals surface area contributed by atoms with E-state index in [4.69, 9.17) is 9.47 Å². The Hall–Kier alpha value is -2.36. The van der Waals surface area contributed by atoms with Crippen molar-refractivity contribution in [1.82, 2.24) is 4.98 Å². The summed E-state index contributed by atoms with van der Waals surface area (Å²) in [6.07, 6.45) is 0. The Balaban J connectivity index is 2.38. The molecule has 0 fully saturated rings. The van der Waals surface area contributed by atoms with Crippen LogP contribution in [0, 0.1) is 6.92 Å². The van der Waals surface area contributed by atoms with Gasteiger partial charge in [-0.1, -0.05) is 0 Å². The van der Waals surface area contributed by atoms with Crippen molar-refractivity contribution in [1.29, 1.82) is 0 Å². The molecule has 0 unspecified atom stereocenters. The van der Waals surface area contributed by atoms with Gasteiger partial charge in [0, 0.05) is 11.3 Å². The molecule has 0 aliphatic heterocycles. The second kappa shape index (κ2) is 6.19. The van der Waals surface area contributed by atoms with Gasteiger partial charge in [0.1, 0.15) is 5.75 Å². The summed E-state index contributed by atoms with van der Waals surface area (Å²) in [5.41, 5.74) is 2.97. The van der Waals surface area contributed by atoms with Crippen LogP contribution in [-0.2, 0) is 4.74 Å². The lowest BCUT2D eigenvalue weighted by molar-refractivity contribution is 0.0526. The van der Waals surface area contributed by atoms with Crippen molar-refractivity contribution >= 4 is 5.97 Å². The molecule has 0 bridgehead atoms. The molecule has 0 saturated carbocycles. The summed E-state index contributed by atoms with van der Waals surface area (Å²) >= 11 is 0. The SMILES string of the molecule is CCOC(=O)c1cc(C)nc(-c2ccc(OC)cc2)c1. The van der Waals surface area contributed by atoms with Gasteiger partial charge >= 0.3 is 5.97 Å². The van der Waals surface area contributed by atoms with Crippen LogP contribution in [0.25, 0.3) is 11.3 Å². The van der Waals surface area contributed by atoms with Gasteiger partial charge in [-0.3, -0.25) is 4.98 Å². The van der Waals surface area contributed by atoms with E-state index in [9.17, 15) is 4.79 Å². The molecule has 0 N–H and O–H groups in total. The average molecular weight is 271 g/mol. The van der Waals surface area contributed by atoms with Gasteiger partial charge in [0.15, 0.2) is 0 Å². The molecule has 104 valence electrons. The van der Waals surface area contributed by atoms with E-state index in [2.05, 4.69) is 4.98 Å². The van der Waals surface area contributed by atoms with Crippen LogP contribution in [0.5, 0.6) is 5.75 Å². The molecule has 1 heterocycles. The molecular weight excluding hydrogens is 254 g/mol. The molecule has 0 radical (unpaired) electrons. The molecule has 2 rings (SSSR count). The van der Waals surface area contributed by atoms with Crippen molar-refractivity contribution in [3.05, 3.63) is 47.7 Å². The maximum absolute atomic E-state index is 11.8. The molecule has 0 spiro atoms. The Labute approximate surface area is 118 Å². The van der Waals surface area contributed by atoms with E-state index in [0.717, 1.165) is 22.7 Å². The highest BCUT2D eigenvalue weighted by Crippen LogP contribution is 2.22. The van der Waals surface area contributed by atoms with Crippen LogP contribution in [0.15, 0.2) is 36.4 Å². The number of ether oxygens (including phenoxy) is 2. The molecule has 0 aliphatic carbocycles. The smallest absolute Gasteiger partial charge is 0.338 e. The number of esters is 1. The monoisotopic (exact) mass is 271 g/mol. The summed E-state index contributed by atoms with van der Waals surface area (Å²) in [5, 5.41) is 0. The van der Waals surface area contributed by atoms with E-state index in [0.29, 0.717) is 12.2 Å². The minimum atomic E-state index is -0.326. The Bertz CT molecular complexity index is 606. The predicted octanol–water partition coefficient (Wildman–Crippen LogP) is 3.24. The number of aryl methyl sites for hydroxylation is 1. The normalized spacial score (nSPS) is 10.2. The van der Waals surface area contributed by atoms with Crippen LogP contribution in [0.3, 0.4) is 0 Å². The number of nitrogens with zero attached hydrogens (tertiary/aromatic N) is 1. The Morgan fingerprint density at radius 3 is 2.50 bits per heavy atom. The molecule has 0 saturated heterocycles. The van der Waals surface area contributed by atoms with Gasteiger partial charge in [-0.2, -0.15) is 0 Å². The third-order valence-corrected chi connectivity index (χ3v) is 2.85. The van der Waals surface area contributed by atoms with Crippen molar-refractivity contribution in [2.24, 2.45) is 0 Å². The maximum Gasteiger partial charge on any atom is 0.338 e. The first-order valence-corrected chi connectivity index (χ1v) is 6.44. The average Bonchev–Trinajstić information content (AvgIpc) is 2.47. The highest BCUT2D eigenvalue weighted by atomic mass is 16.5. The third kappa shape index (κ3) is 3.15. The zero-order valence-electron chi connectivity index (χ0n) is 11.8. The fourth-order valence-corrected chi connectivity index (χ4v) is 1.91. The number of carbonyl (C=O) groups is 1. The van der Waals surface area contributed by atoms with E-state index in [1.165, 1.54) is 0 Å². The van der Waals surface area contributed by atoms with Crippen LogP contribution in [-0.4, -0.2) is 24.7 Å². The molecule has 0 aliphatic rings. The third-order valence-electron chi connectivity index (χ3n) is 2.85. The summed E-state index contributed by atoms with van der Waals surface area (Å²) in [4.78, 5) is 16.3. The Morgan fingerprint density at radius 1 is 1.20 bits per heavy atom. The summed E-state index contributed by atoms with van der Waals surface area (Å²) < 4.78 is 10.2. The molecule has 0 atom stereocenters. The summed E-state index contributed by atoms with van der Waals surface area (Å²) in [6, 6.07) is 11.0. The minimum absolute atomic E-state index is 0.326. The van der Waals surface area contributed by atoms with Crippen LogP contribution in [0.4, 0.5) is 0 Å². The second-order valence-electron chi connectivity index (χ2n) is 4.33. The Morgan fingerprint density at radius 2 is 1.90 bits per heavy atom. The maximum atomic E-state index is 11.8. The van der Waals surface area contributed by atoms with Crippen LogP contribution in [0.1, 0.15) is 23.0 Å². The van der Waals surface area contributed by atoms with Gasteiger partial charge in [-0.25, -0.2) is 4.79 Å². The molecule has 20 heavy (non-hydrogen) atoms. The lowest BCUT2D eigenvalue weighted by atomic mass is 10.1. The number of hydrogen-bond donors (Lipinski definition) is 0. The highest BCUT2D eigenvalue weighted by Gasteiger charge is 2.10. The van der Waals surface area contributed by atoms with E-state index in [-0.39, 0.29) is 5.97 Å². The molecule has 4 heteroatoms. The van der Waals surface area contributed by atoms with Gasteiger partial charge in [-0.15, -0.1) is 0 Å². The first kappa shape index (κ1) is 14.1. The lowest BCUT2D eigenvalue weighted by Crippen LogP contribution is -2.06. The first-order chi connectivity index (χ1) is 9.63. The minimum Gasteiger partial charge on any atom is -0.497 e. The summed E-state index contributed by atoms with van der Waals surface area (Å²) in [7, 11) is 1.62. The molecule has 1 aromatic heterocycles. The molecular formula is C16H17NO3. The van der Waals surface area contributed by atoms with Crippen molar-refractivity contribution < 1.29 is 14.3 Å². The van der Waals surface area contributed by atoms with Gasteiger partial charge < -0.3 is 9.47 Å². The van der Waals surface area contributed by atoms with E-state index < -0.39 is 0 Å². The molecule has 0 amide bonds. The zero-order valence-corrected chi connectivity index (χ0v) is 11.8. The quantitative estimate of drug-likeness (QED) is 0.801. The number of pyridine rings is 1. The van der Waals surface area contributed by atoms with Gasteiger partial charge in [-0.05, 0) is 50.2 Å². The lowest BCUT2D eigenvalue weighted by Gasteiger charge is -2.07. The van der Waals surface area contributed by atoms with Crippen LogP contribution < -0.4 is 4.74 Å². The largest absolute Gasteiger partial charge is 0.497 e. The van der Waals surface area contributed by atoms with E-state index >= 15 is 0 Å². The number of hydrogen-bond acceptors (Lipinski definition) is 4. The highest BCUT2D eigenvalue weighted by molar-refractivity contribution is 5.90. The van der Waals surface area contributed by atoms with Gasteiger partial charge in [0.25, 0.3) is 0 Å². The number of rotatable bonds is 4. The number of aromatic nitrogens is 1. The number of benzene rings is 1. The van der Waals surface area contributed by atoms with Crippen LogP contribution >= 0.6 is 0 Å².